The molecule has 1 heterocycles. The zero-order valence-corrected chi connectivity index (χ0v) is 12.7. The molecule has 0 saturated heterocycles. The van der Waals surface area contributed by atoms with Crippen LogP contribution in [0.25, 0.3) is 16.6 Å². The van der Waals surface area contributed by atoms with E-state index in [4.69, 9.17) is 5.11 Å². The predicted octanol–water partition coefficient (Wildman–Crippen LogP) is 2.71. The first kappa shape index (κ1) is 15.0. The Bertz CT molecular complexity index is 927. The minimum absolute atomic E-state index is 0.0728. The molecule has 0 amide bonds. The minimum Gasteiger partial charge on any atom is -0.481 e. The molecular weight excluding hydrogens is 292 g/mol. The first-order valence-electron chi connectivity index (χ1n) is 7.36. The van der Waals surface area contributed by atoms with Crippen molar-refractivity contribution in [1.82, 2.24) is 9.55 Å². The maximum absolute atomic E-state index is 12.9. The van der Waals surface area contributed by atoms with Crippen molar-refractivity contribution in [3.8, 4) is 5.69 Å². The molecule has 0 unspecified atom stereocenters. The van der Waals surface area contributed by atoms with Crippen molar-refractivity contribution in [2.24, 2.45) is 0 Å². The largest absolute Gasteiger partial charge is 0.481 e. The van der Waals surface area contributed by atoms with E-state index in [-0.39, 0.29) is 18.4 Å². The molecule has 0 spiro atoms. The van der Waals surface area contributed by atoms with Crippen LogP contribution in [0.1, 0.15) is 17.8 Å². The second kappa shape index (κ2) is 6.04. The quantitative estimate of drug-likeness (QED) is 0.804. The van der Waals surface area contributed by atoms with Gasteiger partial charge in [0.1, 0.15) is 5.82 Å². The van der Waals surface area contributed by atoms with Crippen LogP contribution < -0.4 is 5.56 Å². The lowest BCUT2D eigenvalue weighted by atomic mass is 10.2. The molecule has 0 aliphatic heterocycles. The third-order valence-corrected chi connectivity index (χ3v) is 3.70. The number of aromatic nitrogens is 2. The molecule has 3 aromatic rings. The molecule has 116 valence electrons. The van der Waals surface area contributed by atoms with Crippen LogP contribution >= 0.6 is 0 Å². The normalized spacial score (nSPS) is 10.8. The number of aliphatic carboxylic acids is 1. The number of rotatable bonds is 4. The summed E-state index contributed by atoms with van der Waals surface area (Å²) >= 11 is 0. The van der Waals surface area contributed by atoms with Gasteiger partial charge in [0.15, 0.2) is 0 Å². The zero-order valence-electron chi connectivity index (χ0n) is 12.7. The van der Waals surface area contributed by atoms with Gasteiger partial charge in [0.2, 0.25) is 0 Å². The van der Waals surface area contributed by atoms with Crippen molar-refractivity contribution in [1.29, 1.82) is 0 Å². The Balaban J connectivity index is 2.25. The molecule has 23 heavy (non-hydrogen) atoms. The van der Waals surface area contributed by atoms with Crippen molar-refractivity contribution >= 4 is 16.9 Å². The first-order chi connectivity index (χ1) is 11.1. The fraction of sp³-hybridized carbons (Fsp3) is 0.167. The summed E-state index contributed by atoms with van der Waals surface area (Å²) in [5.74, 6) is -0.456. The van der Waals surface area contributed by atoms with Gasteiger partial charge in [0.05, 0.1) is 23.0 Å². The van der Waals surface area contributed by atoms with Gasteiger partial charge in [-0.1, -0.05) is 29.8 Å². The van der Waals surface area contributed by atoms with Crippen molar-refractivity contribution in [3.63, 3.8) is 0 Å². The molecule has 2 aromatic carbocycles. The average Bonchev–Trinajstić information content (AvgIpc) is 2.54. The number of para-hydroxylation sites is 1. The Labute approximate surface area is 132 Å². The topological polar surface area (TPSA) is 72.2 Å². The van der Waals surface area contributed by atoms with E-state index >= 15 is 0 Å². The zero-order chi connectivity index (χ0) is 16.4. The molecule has 1 N–H and O–H groups in total. The Morgan fingerprint density at radius 3 is 2.52 bits per heavy atom. The van der Waals surface area contributed by atoms with E-state index in [0.717, 1.165) is 5.56 Å². The Kier molecular flexibility index (Phi) is 3.93. The fourth-order valence-electron chi connectivity index (χ4n) is 2.53. The van der Waals surface area contributed by atoms with Crippen LogP contribution in [0.2, 0.25) is 0 Å². The van der Waals surface area contributed by atoms with Crippen LogP contribution in [0, 0.1) is 6.92 Å². The van der Waals surface area contributed by atoms with Gasteiger partial charge in [-0.05, 0) is 31.2 Å². The number of benzene rings is 2. The second-order valence-electron chi connectivity index (χ2n) is 5.42. The molecule has 3 rings (SSSR count). The van der Waals surface area contributed by atoms with E-state index in [9.17, 15) is 9.59 Å². The molecule has 1 aromatic heterocycles. The maximum Gasteiger partial charge on any atom is 0.303 e. The van der Waals surface area contributed by atoms with Crippen molar-refractivity contribution in [2.45, 2.75) is 19.8 Å². The lowest BCUT2D eigenvalue weighted by molar-refractivity contribution is -0.137. The van der Waals surface area contributed by atoms with Gasteiger partial charge in [0.25, 0.3) is 5.56 Å². The van der Waals surface area contributed by atoms with E-state index in [2.05, 4.69) is 4.98 Å². The van der Waals surface area contributed by atoms with Gasteiger partial charge in [-0.15, -0.1) is 0 Å². The van der Waals surface area contributed by atoms with E-state index in [1.807, 2.05) is 37.3 Å². The van der Waals surface area contributed by atoms with Crippen molar-refractivity contribution < 1.29 is 9.90 Å². The van der Waals surface area contributed by atoms with Gasteiger partial charge in [0, 0.05) is 6.42 Å². The molecule has 0 radical (unpaired) electrons. The Morgan fingerprint density at radius 2 is 1.83 bits per heavy atom. The number of carboxylic acid groups (broad SMARTS) is 1. The highest BCUT2D eigenvalue weighted by Crippen LogP contribution is 2.15. The summed E-state index contributed by atoms with van der Waals surface area (Å²) in [5, 5.41) is 9.46. The molecule has 0 atom stereocenters. The molecule has 5 nitrogen and oxygen atoms in total. The first-order valence-corrected chi connectivity index (χ1v) is 7.36. The van der Waals surface area contributed by atoms with Crippen LogP contribution in [-0.2, 0) is 11.2 Å². The van der Waals surface area contributed by atoms with Crippen LogP contribution in [0.4, 0.5) is 0 Å². The minimum atomic E-state index is -0.914. The third-order valence-electron chi connectivity index (χ3n) is 3.70. The standard InChI is InChI=1S/C18H16N2O3/c1-12-6-8-13(9-7-12)20-16(10-11-17(21)22)19-15-5-3-2-4-14(15)18(20)23/h2-9H,10-11H2,1H3,(H,21,22). The van der Waals surface area contributed by atoms with Crippen LogP contribution in [0.5, 0.6) is 0 Å². The second-order valence-corrected chi connectivity index (χ2v) is 5.42. The Morgan fingerprint density at radius 1 is 1.13 bits per heavy atom. The van der Waals surface area contributed by atoms with Gasteiger partial charge in [-0.25, -0.2) is 4.98 Å². The average molecular weight is 308 g/mol. The van der Waals surface area contributed by atoms with Gasteiger partial charge in [-0.2, -0.15) is 0 Å². The molecule has 5 heteroatoms. The monoisotopic (exact) mass is 308 g/mol. The lowest BCUT2D eigenvalue weighted by Crippen LogP contribution is -2.24. The fourth-order valence-corrected chi connectivity index (χ4v) is 2.53. The van der Waals surface area contributed by atoms with Crippen molar-refractivity contribution in [2.75, 3.05) is 0 Å². The molecule has 0 saturated carbocycles. The number of hydrogen-bond donors (Lipinski definition) is 1. The van der Waals surface area contributed by atoms with Crippen LogP contribution in [-0.4, -0.2) is 20.6 Å². The van der Waals surface area contributed by atoms with E-state index in [1.54, 1.807) is 18.2 Å². The highest BCUT2D eigenvalue weighted by Gasteiger charge is 2.13. The van der Waals surface area contributed by atoms with E-state index in [0.29, 0.717) is 22.4 Å². The van der Waals surface area contributed by atoms with Gasteiger partial charge < -0.3 is 5.11 Å². The number of aryl methyl sites for hydroxylation is 2. The summed E-state index contributed by atoms with van der Waals surface area (Å²) in [7, 11) is 0. The van der Waals surface area contributed by atoms with E-state index < -0.39 is 5.97 Å². The van der Waals surface area contributed by atoms with E-state index in [1.165, 1.54) is 4.57 Å². The number of hydrogen-bond acceptors (Lipinski definition) is 3. The number of carboxylic acids is 1. The highest BCUT2D eigenvalue weighted by molar-refractivity contribution is 5.78. The smallest absolute Gasteiger partial charge is 0.303 e. The van der Waals surface area contributed by atoms with Gasteiger partial charge in [-0.3, -0.25) is 14.2 Å². The number of fused-ring (bicyclic) bond motifs is 1. The molecule has 0 aliphatic rings. The third kappa shape index (κ3) is 2.99. The maximum atomic E-state index is 12.9. The van der Waals surface area contributed by atoms with Crippen molar-refractivity contribution in [3.05, 3.63) is 70.3 Å². The SMILES string of the molecule is Cc1ccc(-n2c(CCC(=O)O)nc3ccccc3c2=O)cc1. The predicted molar refractivity (Wildman–Crippen MR) is 88.0 cm³/mol. The summed E-state index contributed by atoms with van der Waals surface area (Å²) in [6.07, 6.45) is 0.125. The lowest BCUT2D eigenvalue weighted by Gasteiger charge is -2.13. The summed E-state index contributed by atoms with van der Waals surface area (Å²) in [6, 6.07) is 14.6. The molecular formula is C18H16N2O3. The van der Waals surface area contributed by atoms with Crippen LogP contribution in [0.15, 0.2) is 53.3 Å². The van der Waals surface area contributed by atoms with Gasteiger partial charge >= 0.3 is 5.97 Å². The number of carbonyl (C=O) groups is 1. The summed E-state index contributed by atoms with van der Waals surface area (Å²) in [5.41, 5.74) is 2.18. The number of nitrogens with zero attached hydrogens (tertiary/aromatic N) is 2. The molecule has 0 bridgehead atoms. The Hall–Kier alpha value is -2.95. The molecule has 0 fully saturated rings. The van der Waals surface area contributed by atoms with Crippen LogP contribution in [0.3, 0.4) is 0 Å². The summed E-state index contributed by atoms with van der Waals surface area (Å²) in [6.45, 7) is 1.97. The summed E-state index contributed by atoms with van der Waals surface area (Å²) < 4.78 is 1.50. The molecule has 0 aliphatic carbocycles. The summed E-state index contributed by atoms with van der Waals surface area (Å²) in [4.78, 5) is 28.3. The highest BCUT2D eigenvalue weighted by atomic mass is 16.4.